The summed E-state index contributed by atoms with van der Waals surface area (Å²) >= 11 is 0. The van der Waals surface area contributed by atoms with E-state index in [1.807, 2.05) is 0 Å². The molecular weight excluding hydrogens is 208 g/mol. The molecule has 0 aromatic carbocycles. The van der Waals surface area contributed by atoms with E-state index in [9.17, 15) is 0 Å². The molecule has 2 saturated heterocycles. The summed E-state index contributed by atoms with van der Waals surface area (Å²) in [5, 5.41) is 0. The topological polar surface area (TPSA) is 29.3 Å². The van der Waals surface area contributed by atoms with Crippen LogP contribution < -0.4 is 5.73 Å². The molecule has 0 aromatic heterocycles. The van der Waals surface area contributed by atoms with Crippen LogP contribution in [0, 0.1) is 17.8 Å². The first-order chi connectivity index (χ1) is 8.31. The van der Waals surface area contributed by atoms with Gasteiger partial charge in [0.05, 0.1) is 0 Å². The Kier molecular flexibility index (Phi) is 2.52. The van der Waals surface area contributed by atoms with E-state index in [1.54, 1.807) is 0 Å². The van der Waals surface area contributed by atoms with Crippen LogP contribution in [0.1, 0.15) is 51.4 Å². The van der Waals surface area contributed by atoms with Crippen molar-refractivity contribution in [2.45, 2.75) is 69.5 Å². The summed E-state index contributed by atoms with van der Waals surface area (Å²) in [6.07, 6.45) is 11.5. The third-order valence-electron chi connectivity index (χ3n) is 5.80. The molecule has 2 aliphatic carbocycles. The molecule has 0 spiro atoms. The second-order valence-electron chi connectivity index (χ2n) is 7.15. The van der Waals surface area contributed by atoms with Crippen molar-refractivity contribution >= 4 is 0 Å². The monoisotopic (exact) mass is 234 g/mol. The molecule has 2 atom stereocenters. The molecule has 2 aliphatic heterocycles. The van der Waals surface area contributed by atoms with Gasteiger partial charge in [-0.3, -0.25) is 4.90 Å². The minimum Gasteiger partial charge on any atom is -0.328 e. The molecule has 2 bridgehead atoms. The highest BCUT2D eigenvalue weighted by molar-refractivity contribution is 5.00. The second-order valence-corrected chi connectivity index (χ2v) is 7.15. The second kappa shape index (κ2) is 3.96. The Morgan fingerprint density at radius 2 is 1.41 bits per heavy atom. The first-order valence-electron chi connectivity index (χ1n) is 7.82. The van der Waals surface area contributed by atoms with Crippen LogP contribution in [0.15, 0.2) is 0 Å². The molecular formula is C15H26N2. The highest BCUT2D eigenvalue weighted by Gasteiger charge is 2.46. The lowest BCUT2D eigenvalue weighted by Crippen LogP contribution is -2.49. The number of piperidine rings is 1. The van der Waals surface area contributed by atoms with Gasteiger partial charge >= 0.3 is 0 Å². The Bertz CT molecular complexity index is 269. The maximum atomic E-state index is 6.17. The smallest absolute Gasteiger partial charge is 0.0114 e. The Labute approximate surface area is 105 Å². The van der Waals surface area contributed by atoms with E-state index in [0.29, 0.717) is 6.04 Å². The molecule has 0 amide bonds. The van der Waals surface area contributed by atoms with Crippen molar-refractivity contribution in [3.05, 3.63) is 0 Å². The molecule has 2 N–H and O–H groups in total. The van der Waals surface area contributed by atoms with Crippen molar-refractivity contribution in [1.29, 1.82) is 0 Å². The van der Waals surface area contributed by atoms with Gasteiger partial charge in [0.15, 0.2) is 0 Å². The predicted octanol–water partition coefficient (Wildman–Crippen LogP) is 2.38. The molecule has 2 heteroatoms. The normalized spacial score (nSPS) is 42.4. The summed E-state index contributed by atoms with van der Waals surface area (Å²) in [6.45, 7) is 1.43. The summed E-state index contributed by atoms with van der Waals surface area (Å²) < 4.78 is 0. The van der Waals surface area contributed by atoms with Crippen LogP contribution in [0.4, 0.5) is 0 Å². The largest absolute Gasteiger partial charge is 0.328 e. The van der Waals surface area contributed by atoms with Crippen molar-refractivity contribution in [3.63, 3.8) is 0 Å². The fourth-order valence-corrected chi connectivity index (χ4v) is 4.59. The molecule has 4 fully saturated rings. The Morgan fingerprint density at radius 1 is 0.882 bits per heavy atom. The Balaban J connectivity index is 1.44. The fourth-order valence-electron chi connectivity index (χ4n) is 4.59. The maximum Gasteiger partial charge on any atom is 0.0114 e. The molecule has 0 radical (unpaired) electrons. The first kappa shape index (κ1) is 10.8. The van der Waals surface area contributed by atoms with Gasteiger partial charge in [0.25, 0.3) is 0 Å². The van der Waals surface area contributed by atoms with E-state index in [1.165, 1.54) is 57.9 Å². The quantitative estimate of drug-likeness (QED) is 0.809. The summed E-state index contributed by atoms with van der Waals surface area (Å²) in [4.78, 5) is 2.88. The van der Waals surface area contributed by atoms with E-state index in [-0.39, 0.29) is 0 Å². The predicted molar refractivity (Wildman–Crippen MR) is 69.7 cm³/mol. The fraction of sp³-hybridized carbons (Fsp3) is 1.00. The molecule has 2 saturated carbocycles. The minimum absolute atomic E-state index is 0.504. The van der Waals surface area contributed by atoms with E-state index < -0.39 is 0 Å². The van der Waals surface area contributed by atoms with Crippen LogP contribution >= 0.6 is 0 Å². The summed E-state index contributed by atoms with van der Waals surface area (Å²) in [6, 6.07) is 2.21. The van der Waals surface area contributed by atoms with Crippen molar-refractivity contribution < 1.29 is 0 Å². The molecule has 2 nitrogen and oxygen atoms in total. The van der Waals surface area contributed by atoms with E-state index >= 15 is 0 Å². The van der Waals surface area contributed by atoms with Gasteiger partial charge in [0.2, 0.25) is 0 Å². The molecule has 0 aromatic rings. The summed E-state index contributed by atoms with van der Waals surface area (Å²) in [5.41, 5.74) is 6.17. The first-order valence-corrected chi connectivity index (χ1v) is 7.82. The van der Waals surface area contributed by atoms with E-state index in [2.05, 4.69) is 4.90 Å². The lowest BCUT2D eigenvalue weighted by atomic mass is 9.92. The summed E-state index contributed by atoms with van der Waals surface area (Å²) in [5.74, 6) is 3.28. The third-order valence-corrected chi connectivity index (χ3v) is 5.80. The van der Waals surface area contributed by atoms with Gasteiger partial charge in [-0.25, -0.2) is 0 Å². The van der Waals surface area contributed by atoms with Gasteiger partial charge in [0.1, 0.15) is 0 Å². The van der Waals surface area contributed by atoms with Crippen LogP contribution in [0.2, 0.25) is 0 Å². The van der Waals surface area contributed by atoms with Gasteiger partial charge in [-0.1, -0.05) is 0 Å². The maximum absolute atomic E-state index is 6.17. The van der Waals surface area contributed by atoms with Gasteiger partial charge < -0.3 is 5.73 Å². The third kappa shape index (κ3) is 2.04. The van der Waals surface area contributed by atoms with E-state index in [0.717, 1.165) is 29.8 Å². The molecule has 96 valence electrons. The zero-order valence-electron chi connectivity index (χ0n) is 10.9. The average molecular weight is 234 g/mol. The lowest BCUT2D eigenvalue weighted by Gasteiger charge is -2.40. The Hall–Kier alpha value is -0.0800. The van der Waals surface area contributed by atoms with E-state index in [4.69, 9.17) is 5.73 Å². The number of rotatable bonds is 4. The van der Waals surface area contributed by atoms with Gasteiger partial charge in [-0.15, -0.1) is 0 Å². The number of hydrogen-bond donors (Lipinski definition) is 1. The van der Waals surface area contributed by atoms with Crippen LogP contribution in [-0.2, 0) is 0 Å². The zero-order valence-corrected chi connectivity index (χ0v) is 10.9. The van der Waals surface area contributed by atoms with Crippen LogP contribution in [0.25, 0.3) is 0 Å². The molecule has 2 heterocycles. The zero-order chi connectivity index (χ0) is 11.4. The summed E-state index contributed by atoms with van der Waals surface area (Å²) in [7, 11) is 0. The molecule has 2 unspecified atom stereocenters. The standard InChI is InChI=1S/C15H26N2/c16-12-7-13-5-6-14(8-12)17(13)9-15(10-1-2-10)11-3-4-11/h10-15H,1-9,16H2. The van der Waals surface area contributed by atoms with Crippen molar-refractivity contribution in [2.24, 2.45) is 23.5 Å². The average Bonchev–Trinajstić information content (AvgIpc) is 3.15. The van der Waals surface area contributed by atoms with Gasteiger partial charge in [-0.2, -0.15) is 0 Å². The highest BCUT2D eigenvalue weighted by atomic mass is 15.2. The highest BCUT2D eigenvalue weighted by Crippen LogP contribution is 2.50. The van der Waals surface area contributed by atoms with Crippen molar-refractivity contribution in [3.8, 4) is 0 Å². The molecule has 4 rings (SSSR count). The van der Waals surface area contributed by atoms with Crippen LogP contribution in [0.3, 0.4) is 0 Å². The molecule has 17 heavy (non-hydrogen) atoms. The minimum atomic E-state index is 0.504. The SMILES string of the molecule is NC1CC2CCC(C1)N2CC(C1CC1)C1CC1. The number of nitrogens with zero attached hydrogens (tertiary/aromatic N) is 1. The van der Waals surface area contributed by atoms with Crippen molar-refractivity contribution in [2.75, 3.05) is 6.54 Å². The Morgan fingerprint density at radius 3 is 1.88 bits per heavy atom. The van der Waals surface area contributed by atoms with Crippen LogP contribution in [-0.4, -0.2) is 29.6 Å². The van der Waals surface area contributed by atoms with Crippen LogP contribution in [0.5, 0.6) is 0 Å². The lowest BCUT2D eigenvalue weighted by molar-refractivity contribution is 0.0956. The van der Waals surface area contributed by atoms with Crippen molar-refractivity contribution in [1.82, 2.24) is 4.90 Å². The number of fused-ring (bicyclic) bond motifs is 2. The number of nitrogens with two attached hydrogens (primary N) is 1. The number of hydrogen-bond acceptors (Lipinski definition) is 2. The van der Waals surface area contributed by atoms with Gasteiger partial charge in [-0.05, 0) is 69.1 Å². The molecule has 4 aliphatic rings. The van der Waals surface area contributed by atoms with Gasteiger partial charge in [0, 0.05) is 24.7 Å².